The summed E-state index contributed by atoms with van der Waals surface area (Å²) in [7, 11) is 0. The number of fused-ring (bicyclic) bond motifs is 1. The molecule has 0 spiro atoms. The van der Waals surface area contributed by atoms with E-state index in [1.807, 2.05) is 30.3 Å². The first-order chi connectivity index (χ1) is 16.8. The van der Waals surface area contributed by atoms with Crippen molar-refractivity contribution in [2.45, 2.75) is 37.9 Å². The Kier molecular flexibility index (Phi) is 7.13. The lowest BCUT2D eigenvalue weighted by Crippen LogP contribution is -2.40. The van der Waals surface area contributed by atoms with Crippen LogP contribution in [0.15, 0.2) is 97.1 Å². The SMILES string of the molecule is O=C(CCc1ccc(C2CCNCC2OCc2ccc3ccccc3c2)cc1)c1ccccc1. The van der Waals surface area contributed by atoms with Crippen molar-refractivity contribution in [1.82, 2.24) is 5.32 Å². The molecule has 1 N–H and O–H groups in total. The van der Waals surface area contributed by atoms with E-state index in [4.69, 9.17) is 4.74 Å². The van der Waals surface area contributed by atoms with Gasteiger partial charge in [0.05, 0.1) is 12.7 Å². The zero-order chi connectivity index (χ0) is 23.2. The van der Waals surface area contributed by atoms with Crippen molar-refractivity contribution in [3.8, 4) is 0 Å². The van der Waals surface area contributed by atoms with E-state index in [0.717, 1.165) is 31.5 Å². The van der Waals surface area contributed by atoms with E-state index in [2.05, 4.69) is 72.0 Å². The molecule has 5 rings (SSSR count). The number of piperidine rings is 1. The van der Waals surface area contributed by atoms with Gasteiger partial charge in [0.1, 0.15) is 0 Å². The van der Waals surface area contributed by atoms with Gasteiger partial charge < -0.3 is 10.1 Å². The van der Waals surface area contributed by atoms with Gasteiger partial charge in [-0.05, 0) is 52.9 Å². The van der Waals surface area contributed by atoms with Gasteiger partial charge in [-0.2, -0.15) is 0 Å². The lowest BCUT2D eigenvalue weighted by Gasteiger charge is -2.32. The summed E-state index contributed by atoms with van der Waals surface area (Å²) in [6.45, 7) is 2.49. The minimum atomic E-state index is 0.144. The first-order valence-corrected chi connectivity index (χ1v) is 12.2. The Morgan fingerprint density at radius 1 is 0.824 bits per heavy atom. The third-order valence-corrected chi connectivity index (χ3v) is 6.85. The van der Waals surface area contributed by atoms with Crippen molar-refractivity contribution >= 4 is 16.6 Å². The fraction of sp³-hybridized carbons (Fsp3) is 0.258. The van der Waals surface area contributed by atoms with Crippen molar-refractivity contribution in [2.24, 2.45) is 0 Å². The smallest absolute Gasteiger partial charge is 0.163 e. The van der Waals surface area contributed by atoms with Crippen molar-refractivity contribution in [3.05, 3.63) is 119 Å². The average Bonchev–Trinajstić information content (AvgIpc) is 2.91. The van der Waals surface area contributed by atoms with Gasteiger partial charge in [0.15, 0.2) is 5.78 Å². The minimum Gasteiger partial charge on any atom is -0.372 e. The van der Waals surface area contributed by atoms with Gasteiger partial charge in [0.25, 0.3) is 0 Å². The van der Waals surface area contributed by atoms with Crippen LogP contribution in [0.4, 0.5) is 0 Å². The zero-order valence-corrected chi connectivity index (χ0v) is 19.5. The Labute approximate surface area is 201 Å². The zero-order valence-electron chi connectivity index (χ0n) is 19.5. The van der Waals surface area contributed by atoms with Crippen LogP contribution in [0.3, 0.4) is 0 Å². The number of ketones is 1. The number of Topliss-reactive ketones (excluding diaryl/α,β-unsaturated/α-hetero) is 1. The summed E-state index contributed by atoms with van der Waals surface area (Å²) in [5.41, 5.74) is 4.53. The summed E-state index contributed by atoms with van der Waals surface area (Å²) < 4.78 is 6.44. The second kappa shape index (κ2) is 10.8. The summed E-state index contributed by atoms with van der Waals surface area (Å²) in [4.78, 5) is 12.4. The molecule has 3 nitrogen and oxygen atoms in total. The number of ether oxygens (including phenoxy) is 1. The molecule has 1 heterocycles. The lowest BCUT2D eigenvalue weighted by molar-refractivity contribution is 0.0106. The fourth-order valence-electron chi connectivity index (χ4n) is 4.88. The number of nitrogens with one attached hydrogen (secondary N) is 1. The van der Waals surface area contributed by atoms with E-state index in [-0.39, 0.29) is 11.9 Å². The standard InChI is InChI=1S/C31H31NO2/c33-30(27-7-2-1-3-8-27)17-13-23-10-15-26(16-11-23)29-18-19-32-21-31(29)34-22-24-12-14-25-6-4-5-9-28(25)20-24/h1-12,14-16,20,29,31-32H,13,17-19,21-22H2. The van der Waals surface area contributed by atoms with Gasteiger partial charge in [-0.15, -0.1) is 0 Å². The van der Waals surface area contributed by atoms with E-state index in [1.54, 1.807) is 0 Å². The lowest BCUT2D eigenvalue weighted by atomic mass is 9.87. The van der Waals surface area contributed by atoms with E-state index < -0.39 is 0 Å². The predicted molar refractivity (Wildman–Crippen MR) is 138 cm³/mol. The topological polar surface area (TPSA) is 38.3 Å². The molecule has 3 heteroatoms. The van der Waals surface area contributed by atoms with Gasteiger partial charge >= 0.3 is 0 Å². The highest BCUT2D eigenvalue weighted by atomic mass is 16.5. The number of benzene rings is 4. The van der Waals surface area contributed by atoms with Crippen LogP contribution >= 0.6 is 0 Å². The summed E-state index contributed by atoms with van der Waals surface area (Å²) in [5, 5.41) is 6.01. The minimum absolute atomic E-state index is 0.144. The monoisotopic (exact) mass is 449 g/mol. The molecule has 172 valence electrons. The molecule has 1 aliphatic rings. The molecule has 2 unspecified atom stereocenters. The summed E-state index contributed by atoms with van der Waals surface area (Å²) in [5.74, 6) is 0.576. The fourth-order valence-corrected chi connectivity index (χ4v) is 4.88. The third kappa shape index (κ3) is 5.44. The van der Waals surface area contributed by atoms with E-state index in [9.17, 15) is 4.79 Å². The van der Waals surface area contributed by atoms with Gasteiger partial charge in [-0.1, -0.05) is 91.0 Å². The van der Waals surface area contributed by atoms with Crippen molar-refractivity contribution < 1.29 is 9.53 Å². The molecule has 0 amide bonds. The molecule has 0 saturated carbocycles. The number of carbonyl (C=O) groups is 1. The van der Waals surface area contributed by atoms with E-state index in [0.29, 0.717) is 18.9 Å². The molecule has 2 atom stereocenters. The van der Waals surface area contributed by atoms with Crippen LogP contribution in [-0.2, 0) is 17.8 Å². The quantitative estimate of drug-likeness (QED) is 0.320. The van der Waals surface area contributed by atoms with Crippen LogP contribution in [0.2, 0.25) is 0 Å². The maximum absolute atomic E-state index is 12.4. The first-order valence-electron chi connectivity index (χ1n) is 12.2. The highest BCUT2D eigenvalue weighted by Crippen LogP contribution is 2.29. The molecule has 1 fully saturated rings. The highest BCUT2D eigenvalue weighted by molar-refractivity contribution is 5.96. The summed E-state index contributed by atoms with van der Waals surface area (Å²) in [6, 6.07) is 33.4. The molecule has 4 aromatic rings. The van der Waals surface area contributed by atoms with E-state index in [1.165, 1.54) is 27.5 Å². The average molecular weight is 450 g/mol. The Morgan fingerprint density at radius 3 is 2.38 bits per heavy atom. The van der Waals surface area contributed by atoms with Crippen molar-refractivity contribution in [2.75, 3.05) is 13.1 Å². The van der Waals surface area contributed by atoms with Crippen molar-refractivity contribution in [3.63, 3.8) is 0 Å². The number of aryl methyl sites for hydroxylation is 1. The normalized spacial score (nSPS) is 18.1. The highest BCUT2D eigenvalue weighted by Gasteiger charge is 2.27. The molecule has 4 aromatic carbocycles. The maximum Gasteiger partial charge on any atom is 0.163 e. The predicted octanol–water partition coefficient (Wildman–Crippen LogP) is 6.32. The molecule has 34 heavy (non-hydrogen) atoms. The maximum atomic E-state index is 12.4. The van der Waals surface area contributed by atoms with Crippen LogP contribution in [-0.4, -0.2) is 25.0 Å². The number of hydrogen-bond acceptors (Lipinski definition) is 3. The van der Waals surface area contributed by atoms with Crippen LogP contribution in [0.25, 0.3) is 10.8 Å². The molecule has 0 bridgehead atoms. The largest absolute Gasteiger partial charge is 0.372 e. The number of hydrogen-bond donors (Lipinski definition) is 1. The van der Waals surface area contributed by atoms with Gasteiger partial charge in [-0.25, -0.2) is 0 Å². The number of rotatable bonds is 8. The second-order valence-corrected chi connectivity index (χ2v) is 9.16. The molecule has 1 aliphatic heterocycles. The van der Waals surface area contributed by atoms with Gasteiger partial charge in [0, 0.05) is 24.4 Å². The molecule has 0 aliphatic carbocycles. The molecule has 0 radical (unpaired) electrons. The molecular formula is C31H31NO2. The Morgan fingerprint density at radius 2 is 1.56 bits per heavy atom. The first kappa shape index (κ1) is 22.5. The third-order valence-electron chi connectivity index (χ3n) is 6.85. The summed E-state index contributed by atoms with van der Waals surface area (Å²) in [6.07, 6.45) is 2.51. The Bertz CT molecular complexity index is 1230. The van der Waals surface area contributed by atoms with Crippen LogP contribution in [0.5, 0.6) is 0 Å². The van der Waals surface area contributed by atoms with Gasteiger partial charge in [0.2, 0.25) is 0 Å². The van der Waals surface area contributed by atoms with Crippen LogP contribution in [0, 0.1) is 0 Å². The van der Waals surface area contributed by atoms with Crippen LogP contribution < -0.4 is 5.32 Å². The Balaban J connectivity index is 1.20. The molecule has 1 saturated heterocycles. The number of carbonyl (C=O) groups excluding carboxylic acids is 1. The van der Waals surface area contributed by atoms with Gasteiger partial charge in [-0.3, -0.25) is 4.79 Å². The Hall–Kier alpha value is -3.27. The molecular weight excluding hydrogens is 418 g/mol. The van der Waals surface area contributed by atoms with Crippen LogP contribution in [0.1, 0.15) is 45.8 Å². The van der Waals surface area contributed by atoms with Crippen molar-refractivity contribution in [1.29, 1.82) is 0 Å². The second-order valence-electron chi connectivity index (χ2n) is 9.16. The van der Waals surface area contributed by atoms with E-state index >= 15 is 0 Å². The summed E-state index contributed by atoms with van der Waals surface area (Å²) >= 11 is 0. The molecule has 0 aromatic heterocycles.